The van der Waals surface area contributed by atoms with Crippen LogP contribution < -0.4 is 5.73 Å². The van der Waals surface area contributed by atoms with Crippen molar-refractivity contribution in [1.29, 1.82) is 0 Å². The molecule has 0 bridgehead atoms. The Kier molecular flexibility index (Phi) is 3.16. The lowest BCUT2D eigenvalue weighted by Gasteiger charge is -2.22. The number of nitrogen functional groups attached to an aromatic ring is 1. The number of hydrogen-bond donors (Lipinski definition) is 1. The molecule has 0 saturated carbocycles. The van der Waals surface area contributed by atoms with Crippen molar-refractivity contribution in [1.82, 2.24) is 19.7 Å². The topological polar surface area (TPSA) is 78.8 Å². The molecule has 0 amide bonds. The van der Waals surface area contributed by atoms with E-state index in [2.05, 4.69) is 15.1 Å². The van der Waals surface area contributed by atoms with E-state index in [0.29, 0.717) is 0 Å². The highest BCUT2D eigenvalue weighted by Gasteiger charge is 2.17. The van der Waals surface area contributed by atoms with Crippen LogP contribution in [0.4, 0.5) is 5.95 Å². The van der Waals surface area contributed by atoms with Gasteiger partial charge >= 0.3 is 0 Å². The Labute approximate surface area is 111 Å². The lowest BCUT2D eigenvalue weighted by Crippen LogP contribution is -2.18. The quantitative estimate of drug-likeness (QED) is 0.891. The van der Waals surface area contributed by atoms with Gasteiger partial charge in [0.2, 0.25) is 5.95 Å². The van der Waals surface area contributed by atoms with Gasteiger partial charge in [-0.2, -0.15) is 5.10 Å². The number of anilines is 1. The highest BCUT2D eigenvalue weighted by atomic mass is 16.5. The third-order valence-corrected chi connectivity index (χ3v) is 3.22. The molecule has 1 fully saturated rings. The standard InChI is InChI=1S/C13H17N5O/c1-9-6-11(17-13(14)16-9)10-7-15-18(8-10)12-4-2-3-5-19-12/h6-8,12H,2-5H2,1H3,(H2,14,16,17). The summed E-state index contributed by atoms with van der Waals surface area (Å²) in [5.74, 6) is 0.289. The summed E-state index contributed by atoms with van der Waals surface area (Å²) in [5.41, 5.74) is 8.26. The second-order valence-corrected chi connectivity index (χ2v) is 4.78. The predicted octanol–water partition coefficient (Wildman–Crippen LogP) is 1.93. The molecule has 100 valence electrons. The van der Waals surface area contributed by atoms with Gasteiger partial charge in [-0.25, -0.2) is 14.6 Å². The highest BCUT2D eigenvalue weighted by Crippen LogP contribution is 2.24. The van der Waals surface area contributed by atoms with Gasteiger partial charge in [-0.3, -0.25) is 0 Å². The summed E-state index contributed by atoms with van der Waals surface area (Å²) >= 11 is 0. The molecule has 2 aromatic rings. The minimum Gasteiger partial charge on any atom is -0.368 e. The molecular formula is C13H17N5O. The molecule has 1 unspecified atom stereocenters. The Morgan fingerprint density at radius 3 is 3.00 bits per heavy atom. The number of rotatable bonds is 2. The second kappa shape index (κ2) is 4.97. The van der Waals surface area contributed by atoms with Crippen LogP contribution in [0.3, 0.4) is 0 Å². The maximum Gasteiger partial charge on any atom is 0.220 e. The van der Waals surface area contributed by atoms with Crippen LogP contribution in [0.15, 0.2) is 18.5 Å². The molecule has 1 atom stereocenters. The lowest BCUT2D eigenvalue weighted by atomic mass is 10.2. The number of hydrogen-bond acceptors (Lipinski definition) is 5. The first kappa shape index (κ1) is 12.1. The predicted molar refractivity (Wildman–Crippen MR) is 71.2 cm³/mol. The Bertz CT molecular complexity index is 554. The first-order chi connectivity index (χ1) is 9.22. The van der Waals surface area contributed by atoms with Gasteiger partial charge in [-0.15, -0.1) is 0 Å². The molecule has 3 rings (SSSR count). The van der Waals surface area contributed by atoms with Crippen LogP contribution in [-0.4, -0.2) is 26.4 Å². The zero-order chi connectivity index (χ0) is 13.2. The van der Waals surface area contributed by atoms with Crippen LogP contribution in [0.1, 0.15) is 31.2 Å². The first-order valence-corrected chi connectivity index (χ1v) is 6.50. The van der Waals surface area contributed by atoms with Crippen molar-refractivity contribution in [3.8, 4) is 11.3 Å². The van der Waals surface area contributed by atoms with Crippen LogP contribution in [0.5, 0.6) is 0 Å². The fourth-order valence-corrected chi connectivity index (χ4v) is 2.30. The van der Waals surface area contributed by atoms with Crippen molar-refractivity contribution in [2.45, 2.75) is 32.4 Å². The monoisotopic (exact) mass is 259 g/mol. The molecule has 0 spiro atoms. The molecule has 6 heteroatoms. The number of aromatic nitrogens is 4. The second-order valence-electron chi connectivity index (χ2n) is 4.78. The zero-order valence-corrected chi connectivity index (χ0v) is 10.9. The number of aryl methyl sites for hydroxylation is 1. The van der Waals surface area contributed by atoms with Crippen LogP contribution in [0.2, 0.25) is 0 Å². The highest BCUT2D eigenvalue weighted by molar-refractivity contribution is 5.58. The zero-order valence-electron chi connectivity index (χ0n) is 10.9. The average Bonchev–Trinajstić information content (AvgIpc) is 2.88. The van der Waals surface area contributed by atoms with Crippen LogP contribution in [0, 0.1) is 6.92 Å². The molecule has 0 aliphatic carbocycles. The van der Waals surface area contributed by atoms with E-state index in [1.165, 1.54) is 6.42 Å². The summed E-state index contributed by atoms with van der Waals surface area (Å²) < 4.78 is 7.57. The van der Waals surface area contributed by atoms with Crippen molar-refractivity contribution in [2.75, 3.05) is 12.3 Å². The molecule has 0 radical (unpaired) electrons. The molecule has 2 aromatic heterocycles. The average molecular weight is 259 g/mol. The molecule has 2 N–H and O–H groups in total. The van der Waals surface area contributed by atoms with Gasteiger partial charge in [-0.1, -0.05) is 0 Å². The largest absolute Gasteiger partial charge is 0.368 e. The van der Waals surface area contributed by atoms with Gasteiger partial charge < -0.3 is 10.5 Å². The van der Waals surface area contributed by atoms with Crippen molar-refractivity contribution in [3.63, 3.8) is 0 Å². The fraction of sp³-hybridized carbons (Fsp3) is 0.462. The van der Waals surface area contributed by atoms with E-state index in [4.69, 9.17) is 10.5 Å². The summed E-state index contributed by atoms with van der Waals surface area (Å²) in [4.78, 5) is 8.31. The first-order valence-electron chi connectivity index (χ1n) is 6.50. The Balaban J connectivity index is 1.87. The third kappa shape index (κ3) is 2.58. The van der Waals surface area contributed by atoms with Gasteiger partial charge in [0.1, 0.15) is 6.23 Å². The maximum atomic E-state index is 5.70. The van der Waals surface area contributed by atoms with E-state index in [-0.39, 0.29) is 12.2 Å². The van der Waals surface area contributed by atoms with Crippen molar-refractivity contribution < 1.29 is 4.74 Å². The van der Waals surface area contributed by atoms with Crippen LogP contribution in [-0.2, 0) is 4.74 Å². The lowest BCUT2D eigenvalue weighted by molar-refractivity contribution is -0.0394. The number of nitrogens with zero attached hydrogens (tertiary/aromatic N) is 4. The molecule has 6 nitrogen and oxygen atoms in total. The van der Waals surface area contributed by atoms with E-state index >= 15 is 0 Å². The summed E-state index contributed by atoms with van der Waals surface area (Å²) in [6, 6.07) is 1.90. The molecule has 1 aliphatic rings. The van der Waals surface area contributed by atoms with E-state index in [0.717, 1.165) is 36.4 Å². The van der Waals surface area contributed by atoms with Crippen LogP contribution in [0.25, 0.3) is 11.3 Å². The summed E-state index contributed by atoms with van der Waals surface area (Å²) in [7, 11) is 0. The van der Waals surface area contributed by atoms with Gasteiger partial charge in [0.15, 0.2) is 0 Å². The van der Waals surface area contributed by atoms with Crippen LogP contribution >= 0.6 is 0 Å². The molecule has 1 aliphatic heterocycles. The normalized spacial score (nSPS) is 19.5. The van der Waals surface area contributed by atoms with Gasteiger partial charge in [0.05, 0.1) is 11.9 Å². The summed E-state index contributed by atoms with van der Waals surface area (Å²) in [6.45, 7) is 2.70. The van der Waals surface area contributed by atoms with Gasteiger partial charge in [-0.05, 0) is 32.3 Å². The summed E-state index contributed by atoms with van der Waals surface area (Å²) in [5, 5.41) is 4.37. The van der Waals surface area contributed by atoms with Gasteiger partial charge in [0.25, 0.3) is 0 Å². The van der Waals surface area contributed by atoms with E-state index < -0.39 is 0 Å². The van der Waals surface area contributed by atoms with Gasteiger partial charge in [0, 0.05) is 24.1 Å². The molecule has 3 heterocycles. The van der Waals surface area contributed by atoms with Crippen molar-refractivity contribution >= 4 is 5.95 Å². The van der Waals surface area contributed by atoms with E-state index in [9.17, 15) is 0 Å². The summed E-state index contributed by atoms with van der Waals surface area (Å²) in [6.07, 6.45) is 7.11. The molecule has 19 heavy (non-hydrogen) atoms. The smallest absolute Gasteiger partial charge is 0.220 e. The Morgan fingerprint density at radius 1 is 1.37 bits per heavy atom. The SMILES string of the molecule is Cc1cc(-c2cnn(C3CCCCO3)c2)nc(N)n1. The van der Waals surface area contributed by atoms with Crippen molar-refractivity contribution in [2.24, 2.45) is 0 Å². The maximum absolute atomic E-state index is 5.70. The third-order valence-electron chi connectivity index (χ3n) is 3.22. The Hall–Kier alpha value is -1.95. The van der Waals surface area contributed by atoms with Crippen molar-refractivity contribution in [3.05, 3.63) is 24.2 Å². The Morgan fingerprint density at radius 2 is 2.26 bits per heavy atom. The number of ether oxygens (including phenoxy) is 1. The molecule has 0 aromatic carbocycles. The van der Waals surface area contributed by atoms with E-state index in [1.54, 1.807) is 6.20 Å². The van der Waals surface area contributed by atoms with E-state index in [1.807, 2.05) is 23.9 Å². The minimum atomic E-state index is 0.0442. The minimum absolute atomic E-state index is 0.0442. The number of nitrogens with two attached hydrogens (primary N) is 1. The molecule has 1 saturated heterocycles. The molecular weight excluding hydrogens is 242 g/mol. The fourth-order valence-electron chi connectivity index (χ4n) is 2.30.